The van der Waals surface area contributed by atoms with E-state index in [4.69, 9.17) is 0 Å². The van der Waals surface area contributed by atoms with Gasteiger partial charge < -0.3 is 5.32 Å². The van der Waals surface area contributed by atoms with Crippen LogP contribution in [0.4, 0.5) is 5.13 Å². The minimum Gasteiger partial charge on any atom is -0.359 e. The molecule has 0 saturated carbocycles. The largest absolute Gasteiger partial charge is 0.359 e. The maximum Gasteiger partial charge on any atom is 0.275 e. The topological polar surface area (TPSA) is 59.3 Å². The molecule has 2 aromatic heterocycles. The van der Waals surface area contributed by atoms with Crippen molar-refractivity contribution in [1.82, 2.24) is 14.6 Å². The Morgan fingerprint density at radius 1 is 1.32 bits per heavy atom. The van der Waals surface area contributed by atoms with Gasteiger partial charge in [-0.15, -0.1) is 5.10 Å². The first-order valence-electron chi connectivity index (χ1n) is 7.48. The summed E-state index contributed by atoms with van der Waals surface area (Å²) in [5.74, 6) is 0.502. The second-order valence-corrected chi connectivity index (χ2v) is 6.51. The first-order chi connectivity index (χ1) is 10.8. The Morgan fingerprint density at radius 2 is 2.23 bits per heavy atom. The molecule has 0 bridgehead atoms. The number of aromatic nitrogens is 3. The average molecular weight is 312 g/mol. The van der Waals surface area contributed by atoms with Crippen molar-refractivity contribution in [3.05, 3.63) is 58.0 Å². The Bertz CT molecular complexity index is 870. The molecule has 22 heavy (non-hydrogen) atoms. The van der Waals surface area contributed by atoms with Crippen LogP contribution in [0.15, 0.2) is 41.3 Å². The molecule has 1 aliphatic carbocycles. The molecule has 3 aromatic rings. The van der Waals surface area contributed by atoms with E-state index in [9.17, 15) is 4.79 Å². The second kappa shape index (κ2) is 5.53. The summed E-state index contributed by atoms with van der Waals surface area (Å²) in [5, 5.41) is 8.43. The van der Waals surface area contributed by atoms with Crippen molar-refractivity contribution < 1.29 is 0 Å². The number of rotatable bonds is 3. The van der Waals surface area contributed by atoms with Crippen LogP contribution in [-0.4, -0.2) is 21.1 Å². The van der Waals surface area contributed by atoms with E-state index in [0.717, 1.165) is 11.7 Å². The van der Waals surface area contributed by atoms with Gasteiger partial charge in [-0.1, -0.05) is 35.6 Å². The number of fused-ring (bicyclic) bond motifs is 2. The van der Waals surface area contributed by atoms with E-state index in [-0.39, 0.29) is 5.56 Å². The van der Waals surface area contributed by atoms with Crippen molar-refractivity contribution in [2.75, 3.05) is 11.9 Å². The maximum absolute atomic E-state index is 11.7. The quantitative estimate of drug-likeness (QED) is 0.808. The van der Waals surface area contributed by atoms with Crippen LogP contribution in [0.3, 0.4) is 0 Å². The summed E-state index contributed by atoms with van der Waals surface area (Å²) in [6.07, 6.45) is 5.11. The van der Waals surface area contributed by atoms with Crippen molar-refractivity contribution in [3.63, 3.8) is 0 Å². The van der Waals surface area contributed by atoms with Crippen molar-refractivity contribution in [1.29, 1.82) is 0 Å². The fourth-order valence-corrected chi connectivity index (χ4v) is 3.87. The molecule has 0 unspecified atom stereocenters. The summed E-state index contributed by atoms with van der Waals surface area (Å²) in [7, 11) is 0. The first-order valence-corrected chi connectivity index (χ1v) is 8.29. The number of nitrogens with zero attached hydrogens (tertiary/aromatic N) is 3. The lowest BCUT2D eigenvalue weighted by atomic mass is 9.83. The molecular formula is C16H16N4OS. The number of anilines is 1. The number of aryl methyl sites for hydroxylation is 1. The minimum absolute atomic E-state index is 0.141. The van der Waals surface area contributed by atoms with Gasteiger partial charge in [0.15, 0.2) is 0 Å². The summed E-state index contributed by atoms with van der Waals surface area (Å²) < 4.78 is 1.35. The molecule has 0 fully saturated rings. The summed E-state index contributed by atoms with van der Waals surface area (Å²) in [4.78, 5) is 16.5. The maximum atomic E-state index is 11.7. The smallest absolute Gasteiger partial charge is 0.275 e. The highest BCUT2D eigenvalue weighted by molar-refractivity contribution is 7.20. The highest BCUT2D eigenvalue weighted by Crippen LogP contribution is 2.31. The standard InChI is InChI=1S/C16H16N4OS/c21-14-8-9-17-16-20(14)19-15(22-16)18-10-12-6-3-5-11-4-1-2-7-13(11)12/h1-2,4,7-9,12H,3,5-6,10H2,(H,18,19)/t12-/m0/s1. The molecular weight excluding hydrogens is 296 g/mol. The third-order valence-electron chi connectivity index (χ3n) is 4.16. The van der Waals surface area contributed by atoms with Gasteiger partial charge in [0.2, 0.25) is 10.1 Å². The molecule has 112 valence electrons. The zero-order chi connectivity index (χ0) is 14.9. The Hall–Kier alpha value is -2.21. The van der Waals surface area contributed by atoms with Crippen LogP contribution in [0.25, 0.3) is 4.96 Å². The molecule has 0 saturated heterocycles. The van der Waals surface area contributed by atoms with E-state index in [1.54, 1.807) is 0 Å². The van der Waals surface area contributed by atoms with Crippen LogP contribution < -0.4 is 10.9 Å². The van der Waals surface area contributed by atoms with Crippen molar-refractivity contribution >= 4 is 21.4 Å². The molecule has 5 nitrogen and oxygen atoms in total. The molecule has 1 aromatic carbocycles. The molecule has 1 atom stereocenters. The molecule has 0 radical (unpaired) electrons. The van der Waals surface area contributed by atoms with Crippen LogP contribution in [0.1, 0.15) is 29.9 Å². The van der Waals surface area contributed by atoms with Gasteiger partial charge in [0.05, 0.1) is 0 Å². The van der Waals surface area contributed by atoms with Crippen LogP contribution >= 0.6 is 11.3 Å². The summed E-state index contributed by atoms with van der Waals surface area (Å²) >= 11 is 1.41. The highest BCUT2D eigenvalue weighted by Gasteiger charge is 2.20. The normalized spacial score (nSPS) is 17.4. The number of hydrogen-bond acceptors (Lipinski definition) is 5. The van der Waals surface area contributed by atoms with Gasteiger partial charge in [0.25, 0.3) is 5.56 Å². The monoisotopic (exact) mass is 312 g/mol. The molecule has 1 N–H and O–H groups in total. The minimum atomic E-state index is -0.141. The third-order valence-corrected chi connectivity index (χ3v) is 5.04. The molecule has 4 rings (SSSR count). The van der Waals surface area contributed by atoms with E-state index in [1.807, 2.05) is 0 Å². The zero-order valence-corrected chi connectivity index (χ0v) is 12.8. The van der Waals surface area contributed by atoms with E-state index < -0.39 is 0 Å². The van der Waals surface area contributed by atoms with Crippen LogP contribution in [0.2, 0.25) is 0 Å². The Kier molecular flexibility index (Phi) is 3.38. The lowest BCUT2D eigenvalue weighted by Gasteiger charge is -2.25. The van der Waals surface area contributed by atoms with Gasteiger partial charge in [-0.2, -0.15) is 4.52 Å². The van der Waals surface area contributed by atoms with Gasteiger partial charge in [0, 0.05) is 24.7 Å². The summed E-state index contributed by atoms with van der Waals surface area (Å²) in [6, 6.07) is 10.1. The molecule has 6 heteroatoms. The fourth-order valence-electron chi connectivity index (χ4n) is 3.09. The SMILES string of the molecule is O=c1ccnc2sc(NC[C@@H]3CCCc4ccccc43)nn12. The molecule has 1 aliphatic rings. The molecule has 0 aliphatic heterocycles. The van der Waals surface area contributed by atoms with Gasteiger partial charge >= 0.3 is 0 Å². The van der Waals surface area contributed by atoms with Crippen LogP contribution in [0, 0.1) is 0 Å². The van der Waals surface area contributed by atoms with Gasteiger partial charge in [-0.25, -0.2) is 4.98 Å². The molecule has 2 heterocycles. The van der Waals surface area contributed by atoms with Crippen molar-refractivity contribution in [2.45, 2.75) is 25.2 Å². The highest BCUT2D eigenvalue weighted by atomic mass is 32.1. The Morgan fingerprint density at radius 3 is 3.14 bits per heavy atom. The van der Waals surface area contributed by atoms with Crippen molar-refractivity contribution in [3.8, 4) is 0 Å². The fraction of sp³-hybridized carbons (Fsp3) is 0.312. The number of benzene rings is 1. The van der Waals surface area contributed by atoms with Gasteiger partial charge in [-0.05, 0) is 30.4 Å². The van der Waals surface area contributed by atoms with Crippen molar-refractivity contribution in [2.24, 2.45) is 0 Å². The van der Waals surface area contributed by atoms with Crippen LogP contribution in [0.5, 0.6) is 0 Å². The van der Waals surface area contributed by atoms with Gasteiger partial charge in [-0.3, -0.25) is 4.79 Å². The van der Waals surface area contributed by atoms with E-state index in [1.165, 1.54) is 58.5 Å². The second-order valence-electron chi connectivity index (χ2n) is 5.55. The number of nitrogens with one attached hydrogen (secondary N) is 1. The number of hydrogen-bond donors (Lipinski definition) is 1. The van der Waals surface area contributed by atoms with Crippen LogP contribution in [-0.2, 0) is 6.42 Å². The predicted octanol–water partition coefficient (Wildman–Crippen LogP) is 2.68. The first kappa shape index (κ1) is 13.5. The molecule has 0 spiro atoms. The Balaban J connectivity index is 1.55. The van der Waals surface area contributed by atoms with E-state index >= 15 is 0 Å². The van der Waals surface area contributed by atoms with E-state index in [2.05, 4.69) is 39.7 Å². The summed E-state index contributed by atoms with van der Waals surface area (Å²) in [5.41, 5.74) is 2.76. The summed E-state index contributed by atoms with van der Waals surface area (Å²) in [6.45, 7) is 0.839. The molecule has 0 amide bonds. The zero-order valence-electron chi connectivity index (χ0n) is 12.0. The third kappa shape index (κ3) is 2.39. The Labute approximate surface area is 131 Å². The average Bonchev–Trinajstić information content (AvgIpc) is 2.97. The lowest BCUT2D eigenvalue weighted by Crippen LogP contribution is -2.18. The van der Waals surface area contributed by atoms with E-state index in [0.29, 0.717) is 10.9 Å². The predicted molar refractivity (Wildman–Crippen MR) is 87.7 cm³/mol. The lowest BCUT2D eigenvalue weighted by molar-refractivity contribution is 0.571. The van der Waals surface area contributed by atoms with Gasteiger partial charge in [0.1, 0.15) is 0 Å².